The summed E-state index contributed by atoms with van der Waals surface area (Å²) in [6, 6.07) is 19.4. The number of para-hydroxylation sites is 2. The number of hydrogen-bond donors (Lipinski definition) is 0. The van der Waals surface area contributed by atoms with Crippen LogP contribution in [0, 0.1) is 11.8 Å². The van der Waals surface area contributed by atoms with Crippen LogP contribution < -0.4 is 14.5 Å². The first-order valence-corrected chi connectivity index (χ1v) is 12.5. The summed E-state index contributed by atoms with van der Waals surface area (Å²) in [6.45, 7) is 1.29. The number of benzene rings is 3. The lowest BCUT2D eigenvalue weighted by Crippen LogP contribution is -2.50. The van der Waals surface area contributed by atoms with E-state index < -0.39 is 41.7 Å². The van der Waals surface area contributed by atoms with E-state index in [-0.39, 0.29) is 5.91 Å². The fraction of sp³-hybridized carbons (Fsp3) is 0.172. The number of hydrogen-bond acceptors (Lipinski definition) is 8. The van der Waals surface area contributed by atoms with Crippen molar-refractivity contribution in [3.05, 3.63) is 84.4 Å². The van der Waals surface area contributed by atoms with Gasteiger partial charge in [0.25, 0.3) is 5.91 Å². The molecule has 192 valence electrons. The number of rotatable bonds is 3. The molecule has 4 heterocycles. The fourth-order valence-electron chi connectivity index (χ4n) is 6.04. The number of esters is 1. The molecule has 3 aliphatic rings. The van der Waals surface area contributed by atoms with Gasteiger partial charge in [0, 0.05) is 12.6 Å². The lowest BCUT2D eigenvalue weighted by molar-refractivity contribution is -0.132. The van der Waals surface area contributed by atoms with E-state index in [2.05, 4.69) is 10.3 Å². The molecule has 3 aliphatic heterocycles. The number of carbonyl (C=O) groups is 4. The van der Waals surface area contributed by atoms with Gasteiger partial charge >= 0.3 is 5.97 Å². The smallest absolute Gasteiger partial charge is 0.308 e. The van der Waals surface area contributed by atoms with Crippen molar-refractivity contribution in [2.45, 2.75) is 19.0 Å². The van der Waals surface area contributed by atoms with Crippen LogP contribution in [0.5, 0.6) is 5.75 Å². The van der Waals surface area contributed by atoms with Gasteiger partial charge in [-0.15, -0.1) is 5.10 Å². The van der Waals surface area contributed by atoms with Gasteiger partial charge in [0.15, 0.2) is 0 Å². The molecule has 0 unspecified atom stereocenters. The SMILES string of the molecule is CC(=O)Oc1ccc(N2C(=O)[C@@H]3[C@@H](C2=O)[C@@H](C(=O)n2nnc4ccccc42)N2c4ccccc4C=C[C@H]32)cc1. The molecule has 3 aromatic carbocycles. The first-order valence-electron chi connectivity index (χ1n) is 12.5. The van der Waals surface area contributed by atoms with Crippen LogP contribution in [0.4, 0.5) is 11.4 Å². The topological polar surface area (TPSA) is 115 Å². The third-order valence-electron chi connectivity index (χ3n) is 7.58. The highest BCUT2D eigenvalue weighted by Crippen LogP contribution is 2.49. The molecule has 2 amide bonds. The van der Waals surface area contributed by atoms with Crippen LogP contribution in [0.2, 0.25) is 0 Å². The number of aromatic nitrogens is 3. The van der Waals surface area contributed by atoms with Gasteiger partial charge in [0.05, 0.1) is 29.1 Å². The Hall–Kier alpha value is -5.12. The summed E-state index contributed by atoms with van der Waals surface area (Å²) in [5, 5.41) is 8.26. The molecule has 4 atom stereocenters. The molecular weight excluding hydrogens is 498 g/mol. The number of anilines is 2. The number of imide groups is 1. The average Bonchev–Trinajstić information content (AvgIpc) is 3.60. The molecular formula is C29H21N5O5. The van der Waals surface area contributed by atoms with E-state index in [4.69, 9.17) is 4.74 Å². The second kappa shape index (κ2) is 8.45. The van der Waals surface area contributed by atoms with E-state index in [9.17, 15) is 19.2 Å². The highest BCUT2D eigenvalue weighted by atomic mass is 16.5. The molecule has 0 spiro atoms. The second-order valence-electron chi connectivity index (χ2n) is 9.74. The van der Waals surface area contributed by atoms with Crippen LogP contribution in [-0.4, -0.2) is 50.8 Å². The number of nitrogens with zero attached hydrogens (tertiary/aromatic N) is 5. The number of fused-ring (bicyclic) bond motifs is 6. The Morgan fingerprint density at radius 3 is 2.38 bits per heavy atom. The minimum absolute atomic E-state index is 0.301. The summed E-state index contributed by atoms with van der Waals surface area (Å²) < 4.78 is 6.32. The minimum atomic E-state index is -0.988. The Kier molecular flexibility index (Phi) is 4.99. The van der Waals surface area contributed by atoms with Crippen molar-refractivity contribution >= 4 is 52.2 Å². The van der Waals surface area contributed by atoms with Crippen molar-refractivity contribution in [2.75, 3.05) is 9.80 Å². The molecule has 10 nitrogen and oxygen atoms in total. The summed E-state index contributed by atoms with van der Waals surface area (Å²) in [5.41, 5.74) is 3.10. The van der Waals surface area contributed by atoms with Gasteiger partial charge in [-0.25, -0.2) is 4.90 Å². The highest BCUT2D eigenvalue weighted by Gasteiger charge is 2.64. The molecule has 0 aliphatic carbocycles. The molecule has 39 heavy (non-hydrogen) atoms. The summed E-state index contributed by atoms with van der Waals surface area (Å²) in [4.78, 5) is 56.5. The van der Waals surface area contributed by atoms with Crippen LogP contribution in [-0.2, 0) is 14.4 Å². The maximum Gasteiger partial charge on any atom is 0.308 e. The van der Waals surface area contributed by atoms with Crippen LogP contribution in [0.1, 0.15) is 17.3 Å². The zero-order valence-corrected chi connectivity index (χ0v) is 20.7. The lowest BCUT2D eigenvalue weighted by atomic mass is 9.88. The van der Waals surface area contributed by atoms with Crippen LogP contribution in [0.25, 0.3) is 17.1 Å². The average molecular weight is 520 g/mol. The molecule has 1 aromatic heterocycles. The molecule has 2 fully saturated rings. The number of ether oxygens (including phenoxy) is 1. The van der Waals surface area contributed by atoms with Crippen molar-refractivity contribution in [1.29, 1.82) is 0 Å². The monoisotopic (exact) mass is 519 g/mol. The van der Waals surface area contributed by atoms with E-state index in [1.807, 2.05) is 47.4 Å². The summed E-state index contributed by atoms with van der Waals surface area (Å²) >= 11 is 0. The van der Waals surface area contributed by atoms with Gasteiger partial charge in [-0.1, -0.05) is 47.7 Å². The molecule has 4 aromatic rings. The molecule has 0 N–H and O–H groups in total. The largest absolute Gasteiger partial charge is 0.427 e. The lowest BCUT2D eigenvalue weighted by Gasteiger charge is -2.36. The van der Waals surface area contributed by atoms with Gasteiger partial charge in [-0.2, -0.15) is 4.68 Å². The van der Waals surface area contributed by atoms with E-state index in [0.29, 0.717) is 22.5 Å². The van der Waals surface area contributed by atoms with Crippen LogP contribution >= 0.6 is 0 Å². The predicted octanol–water partition coefficient (Wildman–Crippen LogP) is 3.09. The standard InChI is InChI=1S/C29H21N5O5/c1-16(35)39-19-13-11-18(12-14-19)32-27(36)24-23-15-10-17-6-2-4-8-21(17)33(23)26(25(24)28(32)37)29(38)34-22-9-5-3-7-20(22)30-31-34/h2-15,23-26H,1H3/t23-,24+,25-,26+/m1/s1. The quantitative estimate of drug-likeness (QED) is 0.230. The normalized spacial score (nSPS) is 23.1. The zero-order valence-electron chi connectivity index (χ0n) is 20.7. The van der Waals surface area contributed by atoms with E-state index in [1.165, 1.54) is 23.7 Å². The first kappa shape index (κ1) is 23.0. The molecule has 2 saturated heterocycles. The number of carbonyl (C=O) groups excluding carboxylic acids is 4. The van der Waals surface area contributed by atoms with E-state index in [1.54, 1.807) is 30.3 Å². The molecule has 0 bridgehead atoms. The Bertz CT molecular complexity index is 1730. The molecule has 7 rings (SSSR count). The zero-order chi connectivity index (χ0) is 26.8. The maximum absolute atomic E-state index is 14.2. The Balaban J connectivity index is 1.34. The maximum atomic E-state index is 14.2. The van der Waals surface area contributed by atoms with Gasteiger partial charge in [0.1, 0.15) is 17.3 Å². The van der Waals surface area contributed by atoms with E-state index in [0.717, 1.165) is 16.2 Å². The summed E-state index contributed by atoms with van der Waals surface area (Å²) in [6.07, 6.45) is 3.82. The minimum Gasteiger partial charge on any atom is -0.427 e. The van der Waals surface area contributed by atoms with Crippen molar-refractivity contribution in [3.63, 3.8) is 0 Å². The van der Waals surface area contributed by atoms with Crippen LogP contribution in [0.3, 0.4) is 0 Å². The fourth-order valence-corrected chi connectivity index (χ4v) is 6.04. The van der Waals surface area contributed by atoms with Crippen molar-refractivity contribution in [1.82, 2.24) is 15.0 Å². The predicted molar refractivity (Wildman–Crippen MR) is 141 cm³/mol. The van der Waals surface area contributed by atoms with Crippen LogP contribution in [0.15, 0.2) is 78.9 Å². The summed E-state index contributed by atoms with van der Waals surface area (Å²) in [5.74, 6) is -3.18. The van der Waals surface area contributed by atoms with Crippen molar-refractivity contribution < 1.29 is 23.9 Å². The Morgan fingerprint density at radius 1 is 0.872 bits per heavy atom. The Morgan fingerprint density at radius 2 is 1.59 bits per heavy atom. The van der Waals surface area contributed by atoms with Crippen molar-refractivity contribution in [2.24, 2.45) is 11.8 Å². The van der Waals surface area contributed by atoms with E-state index >= 15 is 0 Å². The Labute approximate surface area is 222 Å². The molecule has 10 heteroatoms. The highest BCUT2D eigenvalue weighted by molar-refractivity contribution is 6.25. The van der Waals surface area contributed by atoms with Gasteiger partial charge in [-0.05, 0) is 48.0 Å². The second-order valence-corrected chi connectivity index (χ2v) is 9.74. The van der Waals surface area contributed by atoms with Crippen molar-refractivity contribution in [3.8, 4) is 5.75 Å². The summed E-state index contributed by atoms with van der Waals surface area (Å²) in [7, 11) is 0. The first-order chi connectivity index (χ1) is 18.9. The third-order valence-corrected chi connectivity index (χ3v) is 7.58. The number of amides is 2. The van der Waals surface area contributed by atoms with Gasteiger partial charge in [-0.3, -0.25) is 19.2 Å². The van der Waals surface area contributed by atoms with Gasteiger partial charge < -0.3 is 9.64 Å². The molecule has 0 radical (unpaired) electrons. The third kappa shape index (κ3) is 3.34. The molecule has 0 saturated carbocycles. The van der Waals surface area contributed by atoms with Gasteiger partial charge in [0.2, 0.25) is 11.8 Å².